The standard InChI is InChI=1S/C26H29NO3/c1-27-14-13-21-16-25(29-3)26(30-18-20-7-5-4-6-8-20)17-23(21)24(27)15-19-9-11-22(28-2)12-10-19/h4-12,16-17,24H,13-15,18H2,1-3H3. The third kappa shape index (κ3) is 4.44. The van der Waals surface area contributed by atoms with Crippen LogP contribution in [0.4, 0.5) is 0 Å². The minimum atomic E-state index is 0.298. The molecule has 156 valence electrons. The van der Waals surface area contributed by atoms with Crippen LogP contribution in [0.2, 0.25) is 0 Å². The molecule has 0 aliphatic carbocycles. The summed E-state index contributed by atoms with van der Waals surface area (Å²) in [5.74, 6) is 2.49. The zero-order valence-corrected chi connectivity index (χ0v) is 17.9. The Morgan fingerprint density at radius 1 is 0.867 bits per heavy atom. The Kier molecular flexibility index (Phi) is 6.24. The molecular formula is C26H29NO3. The first kappa shape index (κ1) is 20.3. The van der Waals surface area contributed by atoms with Crippen molar-refractivity contribution in [1.82, 2.24) is 4.90 Å². The SMILES string of the molecule is COc1ccc(CC2c3cc(OCc4ccccc4)c(OC)cc3CCN2C)cc1. The smallest absolute Gasteiger partial charge is 0.162 e. The van der Waals surface area contributed by atoms with Crippen molar-refractivity contribution >= 4 is 0 Å². The van der Waals surface area contributed by atoms with Crippen molar-refractivity contribution in [1.29, 1.82) is 0 Å². The molecule has 0 amide bonds. The lowest BCUT2D eigenvalue weighted by Gasteiger charge is -2.35. The van der Waals surface area contributed by atoms with Crippen LogP contribution in [0.15, 0.2) is 66.7 Å². The minimum Gasteiger partial charge on any atom is -0.497 e. The summed E-state index contributed by atoms with van der Waals surface area (Å²) in [4.78, 5) is 2.43. The second-order valence-corrected chi connectivity index (χ2v) is 7.77. The third-order valence-electron chi connectivity index (χ3n) is 5.88. The first-order valence-corrected chi connectivity index (χ1v) is 10.4. The molecule has 0 radical (unpaired) electrons. The van der Waals surface area contributed by atoms with Gasteiger partial charge in [-0.3, -0.25) is 4.90 Å². The molecule has 4 rings (SSSR count). The Bertz CT molecular complexity index is 970. The number of likely N-dealkylation sites (N-methyl/N-ethyl adjacent to an activating group) is 1. The monoisotopic (exact) mass is 403 g/mol. The summed E-state index contributed by atoms with van der Waals surface area (Å²) in [6.07, 6.45) is 1.96. The Balaban J connectivity index is 1.61. The first-order valence-electron chi connectivity index (χ1n) is 10.4. The molecule has 4 nitrogen and oxygen atoms in total. The van der Waals surface area contributed by atoms with Crippen LogP contribution in [0.25, 0.3) is 0 Å². The number of hydrogen-bond acceptors (Lipinski definition) is 4. The van der Waals surface area contributed by atoms with Crippen molar-refractivity contribution in [2.24, 2.45) is 0 Å². The van der Waals surface area contributed by atoms with Crippen molar-refractivity contribution in [3.8, 4) is 17.2 Å². The van der Waals surface area contributed by atoms with Gasteiger partial charge in [0, 0.05) is 12.6 Å². The molecule has 0 saturated carbocycles. The largest absolute Gasteiger partial charge is 0.497 e. The number of nitrogens with zero attached hydrogens (tertiary/aromatic N) is 1. The van der Waals surface area contributed by atoms with E-state index >= 15 is 0 Å². The topological polar surface area (TPSA) is 30.9 Å². The third-order valence-corrected chi connectivity index (χ3v) is 5.88. The molecule has 3 aromatic rings. The zero-order valence-electron chi connectivity index (χ0n) is 17.9. The van der Waals surface area contributed by atoms with Crippen molar-refractivity contribution < 1.29 is 14.2 Å². The van der Waals surface area contributed by atoms with Crippen molar-refractivity contribution in [2.45, 2.75) is 25.5 Å². The fraction of sp³-hybridized carbons (Fsp3) is 0.308. The highest BCUT2D eigenvalue weighted by Gasteiger charge is 2.27. The highest BCUT2D eigenvalue weighted by molar-refractivity contribution is 5.50. The van der Waals surface area contributed by atoms with Gasteiger partial charge in [-0.25, -0.2) is 0 Å². The quantitative estimate of drug-likeness (QED) is 0.552. The molecule has 30 heavy (non-hydrogen) atoms. The van der Waals surface area contributed by atoms with E-state index in [1.807, 2.05) is 30.3 Å². The molecule has 1 heterocycles. The summed E-state index contributed by atoms with van der Waals surface area (Å²) in [7, 11) is 5.61. The number of benzene rings is 3. The highest BCUT2D eigenvalue weighted by atomic mass is 16.5. The Morgan fingerprint density at radius 3 is 2.33 bits per heavy atom. The number of ether oxygens (including phenoxy) is 3. The molecule has 0 fully saturated rings. The maximum Gasteiger partial charge on any atom is 0.162 e. The van der Waals surface area contributed by atoms with E-state index < -0.39 is 0 Å². The summed E-state index contributed by atoms with van der Waals surface area (Å²) < 4.78 is 17.1. The van der Waals surface area contributed by atoms with Gasteiger partial charge in [0.15, 0.2) is 11.5 Å². The average Bonchev–Trinajstić information content (AvgIpc) is 2.80. The number of rotatable bonds is 7. The molecule has 0 bridgehead atoms. The van der Waals surface area contributed by atoms with Crippen LogP contribution in [0.3, 0.4) is 0 Å². The van der Waals surface area contributed by atoms with E-state index in [4.69, 9.17) is 14.2 Å². The summed E-state index contributed by atoms with van der Waals surface area (Å²) >= 11 is 0. The summed E-state index contributed by atoms with van der Waals surface area (Å²) in [5, 5.41) is 0. The Morgan fingerprint density at radius 2 is 1.63 bits per heavy atom. The van der Waals surface area contributed by atoms with Crippen molar-refractivity contribution in [2.75, 3.05) is 27.8 Å². The summed E-state index contributed by atoms with van der Waals surface area (Å²) in [5.41, 5.74) is 5.10. The molecule has 3 aromatic carbocycles. The van der Waals surface area contributed by atoms with E-state index in [2.05, 4.69) is 48.3 Å². The van der Waals surface area contributed by atoms with Crippen LogP contribution < -0.4 is 14.2 Å². The van der Waals surface area contributed by atoms with Gasteiger partial charge in [-0.2, -0.15) is 0 Å². The Hall–Kier alpha value is -2.98. The van der Waals surface area contributed by atoms with Crippen LogP contribution >= 0.6 is 0 Å². The molecule has 1 aliphatic heterocycles. The van der Waals surface area contributed by atoms with Crippen LogP contribution in [-0.2, 0) is 19.4 Å². The Labute approximate surface area is 179 Å². The summed E-state index contributed by atoms with van der Waals surface area (Å²) in [6.45, 7) is 1.55. The lowest BCUT2D eigenvalue weighted by Crippen LogP contribution is -2.33. The lowest BCUT2D eigenvalue weighted by atomic mass is 9.88. The van der Waals surface area contributed by atoms with Gasteiger partial charge in [0.1, 0.15) is 12.4 Å². The maximum absolute atomic E-state index is 6.18. The van der Waals surface area contributed by atoms with Crippen LogP contribution in [0.5, 0.6) is 17.2 Å². The van der Waals surface area contributed by atoms with Gasteiger partial charge in [0.05, 0.1) is 14.2 Å². The van der Waals surface area contributed by atoms with E-state index in [9.17, 15) is 0 Å². The second-order valence-electron chi connectivity index (χ2n) is 7.77. The van der Waals surface area contributed by atoms with Gasteiger partial charge < -0.3 is 14.2 Å². The van der Waals surface area contributed by atoms with E-state index in [1.165, 1.54) is 16.7 Å². The average molecular weight is 404 g/mol. The molecule has 0 spiro atoms. The molecule has 0 aromatic heterocycles. The van der Waals surface area contributed by atoms with Gasteiger partial charge in [-0.1, -0.05) is 42.5 Å². The van der Waals surface area contributed by atoms with Gasteiger partial charge in [0.25, 0.3) is 0 Å². The zero-order chi connectivity index (χ0) is 20.9. The lowest BCUT2D eigenvalue weighted by molar-refractivity contribution is 0.226. The molecule has 0 saturated heterocycles. The van der Waals surface area contributed by atoms with Crippen molar-refractivity contribution in [3.63, 3.8) is 0 Å². The first-order chi connectivity index (χ1) is 14.7. The predicted octanol–water partition coefficient (Wildman–Crippen LogP) is 5.05. The summed E-state index contributed by atoms with van der Waals surface area (Å²) in [6, 6.07) is 23.2. The predicted molar refractivity (Wildman–Crippen MR) is 120 cm³/mol. The van der Waals surface area contributed by atoms with Crippen LogP contribution in [-0.4, -0.2) is 32.7 Å². The molecule has 0 N–H and O–H groups in total. The van der Waals surface area contributed by atoms with E-state index in [0.29, 0.717) is 12.6 Å². The molecular weight excluding hydrogens is 374 g/mol. The van der Waals surface area contributed by atoms with E-state index in [-0.39, 0.29) is 0 Å². The maximum atomic E-state index is 6.18. The molecule has 4 heteroatoms. The van der Waals surface area contributed by atoms with Crippen molar-refractivity contribution in [3.05, 3.63) is 89.0 Å². The van der Waals surface area contributed by atoms with Gasteiger partial charge in [0.2, 0.25) is 0 Å². The number of methoxy groups -OCH3 is 2. The van der Waals surface area contributed by atoms with E-state index in [0.717, 1.165) is 42.2 Å². The van der Waals surface area contributed by atoms with Crippen LogP contribution in [0.1, 0.15) is 28.3 Å². The number of hydrogen-bond donors (Lipinski definition) is 0. The molecule has 1 atom stereocenters. The van der Waals surface area contributed by atoms with Crippen LogP contribution in [0, 0.1) is 0 Å². The minimum absolute atomic E-state index is 0.298. The van der Waals surface area contributed by atoms with Gasteiger partial charge in [-0.05, 0) is 66.4 Å². The molecule has 1 aliphatic rings. The van der Waals surface area contributed by atoms with Gasteiger partial charge >= 0.3 is 0 Å². The molecule has 1 unspecified atom stereocenters. The fourth-order valence-corrected chi connectivity index (χ4v) is 4.09. The highest BCUT2D eigenvalue weighted by Crippen LogP contribution is 2.39. The normalized spacial score (nSPS) is 16.0. The fourth-order valence-electron chi connectivity index (χ4n) is 4.09. The second kappa shape index (κ2) is 9.23. The van der Waals surface area contributed by atoms with E-state index in [1.54, 1.807) is 14.2 Å². The number of fused-ring (bicyclic) bond motifs is 1. The van der Waals surface area contributed by atoms with Gasteiger partial charge in [-0.15, -0.1) is 0 Å².